The fourth-order valence-corrected chi connectivity index (χ4v) is 1.95. The second kappa shape index (κ2) is 5.32. The second-order valence-corrected chi connectivity index (χ2v) is 5.06. The lowest BCUT2D eigenvalue weighted by Crippen LogP contribution is -2.26. The third-order valence-corrected chi connectivity index (χ3v) is 2.79. The largest absolute Gasteiger partial charge is 0.212 e. The smallest absolute Gasteiger partial charge is 0.211 e. The summed E-state index contributed by atoms with van der Waals surface area (Å²) < 4.78 is 24.7. The normalized spacial score (nSPS) is 11.9. The van der Waals surface area contributed by atoms with Crippen molar-refractivity contribution in [1.82, 2.24) is 4.72 Å². The van der Waals surface area contributed by atoms with Crippen LogP contribution in [0.25, 0.3) is 0 Å². The van der Waals surface area contributed by atoms with Crippen LogP contribution in [0.3, 0.4) is 0 Å². The summed E-state index contributed by atoms with van der Waals surface area (Å²) >= 11 is 0. The molecule has 0 spiro atoms. The van der Waals surface area contributed by atoms with Crippen LogP contribution < -0.4 is 4.72 Å². The van der Waals surface area contributed by atoms with Gasteiger partial charge in [-0.3, -0.25) is 0 Å². The zero-order valence-corrected chi connectivity index (χ0v) is 8.52. The molecule has 0 heterocycles. The van der Waals surface area contributed by atoms with Crippen LogP contribution in [0.4, 0.5) is 0 Å². The van der Waals surface area contributed by atoms with Gasteiger partial charge in [0.05, 0.1) is 5.75 Å². The van der Waals surface area contributed by atoms with Gasteiger partial charge in [-0.2, -0.15) is 0 Å². The first-order valence-corrected chi connectivity index (χ1v) is 5.71. The lowest BCUT2D eigenvalue weighted by molar-refractivity contribution is 0.565. The molecule has 0 fully saturated rings. The Bertz CT molecular complexity index is 219. The van der Waals surface area contributed by atoms with Gasteiger partial charge in [0.25, 0.3) is 0 Å². The van der Waals surface area contributed by atoms with E-state index in [2.05, 4.69) is 11.3 Å². The standard InChI is InChI=1S/C8H17NO2S/c1-4-6-9-12(10,11)7-5-8(2)3/h4,8-9H,1,5-7H2,2-3H3. The summed E-state index contributed by atoms with van der Waals surface area (Å²) in [5.41, 5.74) is 0. The van der Waals surface area contributed by atoms with Crippen molar-refractivity contribution in [3.05, 3.63) is 12.7 Å². The maximum atomic E-state index is 11.1. The summed E-state index contributed by atoms with van der Waals surface area (Å²) in [4.78, 5) is 0. The molecule has 0 aliphatic rings. The van der Waals surface area contributed by atoms with Crippen molar-refractivity contribution in [3.63, 3.8) is 0 Å². The molecule has 1 N–H and O–H groups in total. The summed E-state index contributed by atoms with van der Waals surface area (Å²) in [6, 6.07) is 0. The minimum absolute atomic E-state index is 0.207. The first-order valence-electron chi connectivity index (χ1n) is 4.06. The second-order valence-electron chi connectivity index (χ2n) is 3.14. The van der Waals surface area contributed by atoms with Crippen LogP contribution in [0.5, 0.6) is 0 Å². The SMILES string of the molecule is C=CCNS(=O)(=O)CCC(C)C. The quantitative estimate of drug-likeness (QED) is 0.640. The topological polar surface area (TPSA) is 46.2 Å². The molecular formula is C8H17NO2S. The summed E-state index contributed by atoms with van der Waals surface area (Å²) in [5, 5.41) is 0. The molecule has 0 saturated heterocycles. The van der Waals surface area contributed by atoms with Gasteiger partial charge in [-0.25, -0.2) is 13.1 Å². The van der Waals surface area contributed by atoms with E-state index in [-0.39, 0.29) is 5.75 Å². The molecule has 0 aromatic heterocycles. The molecule has 0 unspecified atom stereocenters. The third kappa shape index (κ3) is 6.37. The van der Waals surface area contributed by atoms with Crippen molar-refractivity contribution in [1.29, 1.82) is 0 Å². The van der Waals surface area contributed by atoms with Gasteiger partial charge in [-0.05, 0) is 12.3 Å². The van der Waals surface area contributed by atoms with E-state index in [9.17, 15) is 8.42 Å². The van der Waals surface area contributed by atoms with Crippen molar-refractivity contribution >= 4 is 10.0 Å². The molecule has 0 aromatic rings. The molecule has 0 atom stereocenters. The minimum Gasteiger partial charge on any atom is -0.212 e. The van der Waals surface area contributed by atoms with Gasteiger partial charge in [-0.15, -0.1) is 6.58 Å². The fourth-order valence-electron chi connectivity index (χ4n) is 0.649. The van der Waals surface area contributed by atoms with E-state index in [1.165, 1.54) is 6.08 Å². The predicted molar refractivity (Wildman–Crippen MR) is 51.4 cm³/mol. The zero-order chi connectivity index (χ0) is 9.61. The Kier molecular flexibility index (Phi) is 5.17. The highest BCUT2D eigenvalue weighted by Crippen LogP contribution is 2.01. The zero-order valence-electron chi connectivity index (χ0n) is 7.71. The van der Waals surface area contributed by atoms with Crippen LogP contribution in [0.15, 0.2) is 12.7 Å². The first kappa shape index (κ1) is 11.6. The lowest BCUT2D eigenvalue weighted by atomic mass is 10.2. The summed E-state index contributed by atoms with van der Waals surface area (Å²) in [5.74, 6) is 0.628. The van der Waals surface area contributed by atoms with Gasteiger partial charge in [0.1, 0.15) is 0 Å². The summed E-state index contributed by atoms with van der Waals surface area (Å²) in [6.45, 7) is 7.76. The first-order chi connectivity index (χ1) is 5.48. The van der Waals surface area contributed by atoms with Crippen LogP contribution in [0.2, 0.25) is 0 Å². The molecule has 12 heavy (non-hydrogen) atoms. The van der Waals surface area contributed by atoms with Crippen molar-refractivity contribution < 1.29 is 8.42 Å². The predicted octanol–water partition coefficient (Wildman–Crippen LogP) is 1.14. The molecule has 72 valence electrons. The van der Waals surface area contributed by atoms with Crippen molar-refractivity contribution in [3.8, 4) is 0 Å². The van der Waals surface area contributed by atoms with E-state index in [0.29, 0.717) is 18.9 Å². The van der Waals surface area contributed by atoms with E-state index in [1.54, 1.807) is 0 Å². The van der Waals surface area contributed by atoms with Crippen LogP contribution in [-0.4, -0.2) is 20.7 Å². The number of sulfonamides is 1. The van der Waals surface area contributed by atoms with Crippen LogP contribution in [-0.2, 0) is 10.0 Å². The van der Waals surface area contributed by atoms with Crippen LogP contribution in [0, 0.1) is 5.92 Å². The maximum Gasteiger partial charge on any atom is 0.211 e. The highest BCUT2D eigenvalue weighted by Gasteiger charge is 2.08. The van der Waals surface area contributed by atoms with Gasteiger partial charge < -0.3 is 0 Å². The summed E-state index contributed by atoms with van der Waals surface area (Å²) in [7, 11) is -3.06. The van der Waals surface area contributed by atoms with Gasteiger partial charge >= 0.3 is 0 Å². The average Bonchev–Trinajstić information content (AvgIpc) is 1.98. The molecule has 0 aliphatic heterocycles. The number of nitrogens with one attached hydrogen (secondary N) is 1. The minimum atomic E-state index is -3.06. The van der Waals surface area contributed by atoms with Crippen molar-refractivity contribution in [2.75, 3.05) is 12.3 Å². The Morgan fingerprint density at radius 2 is 2.08 bits per heavy atom. The number of rotatable bonds is 6. The molecule has 0 aromatic carbocycles. The Balaban J connectivity index is 3.80. The lowest BCUT2D eigenvalue weighted by Gasteiger charge is -2.05. The molecule has 0 aliphatic carbocycles. The van der Waals surface area contributed by atoms with Crippen molar-refractivity contribution in [2.45, 2.75) is 20.3 Å². The Labute approximate surface area is 74.9 Å². The molecular weight excluding hydrogens is 174 g/mol. The van der Waals surface area contributed by atoms with Crippen LogP contribution in [0.1, 0.15) is 20.3 Å². The maximum absolute atomic E-state index is 11.1. The van der Waals surface area contributed by atoms with Gasteiger partial charge in [0, 0.05) is 6.54 Å². The Morgan fingerprint density at radius 3 is 2.50 bits per heavy atom. The van der Waals surface area contributed by atoms with Gasteiger partial charge in [0.15, 0.2) is 0 Å². The number of hydrogen-bond acceptors (Lipinski definition) is 2. The van der Waals surface area contributed by atoms with Crippen LogP contribution >= 0.6 is 0 Å². The van der Waals surface area contributed by atoms with E-state index >= 15 is 0 Å². The van der Waals surface area contributed by atoms with E-state index in [0.717, 1.165) is 0 Å². The van der Waals surface area contributed by atoms with Gasteiger partial charge in [-0.1, -0.05) is 19.9 Å². The highest BCUT2D eigenvalue weighted by atomic mass is 32.2. The third-order valence-electron chi connectivity index (χ3n) is 1.41. The van der Waals surface area contributed by atoms with Gasteiger partial charge in [0.2, 0.25) is 10.0 Å². The molecule has 3 nitrogen and oxygen atoms in total. The Morgan fingerprint density at radius 1 is 1.50 bits per heavy atom. The number of hydrogen-bond donors (Lipinski definition) is 1. The molecule has 4 heteroatoms. The highest BCUT2D eigenvalue weighted by molar-refractivity contribution is 7.89. The molecule has 0 radical (unpaired) electrons. The molecule has 0 bridgehead atoms. The van der Waals surface area contributed by atoms with Crippen molar-refractivity contribution in [2.24, 2.45) is 5.92 Å². The summed E-state index contributed by atoms with van der Waals surface area (Å²) in [6.07, 6.45) is 2.24. The fraction of sp³-hybridized carbons (Fsp3) is 0.750. The molecule has 0 saturated carbocycles. The molecule has 0 rings (SSSR count). The van der Waals surface area contributed by atoms with E-state index in [1.807, 2.05) is 13.8 Å². The molecule has 0 amide bonds. The Hall–Kier alpha value is -0.350. The monoisotopic (exact) mass is 191 g/mol. The van der Waals surface area contributed by atoms with E-state index < -0.39 is 10.0 Å². The van der Waals surface area contributed by atoms with E-state index in [4.69, 9.17) is 0 Å². The average molecular weight is 191 g/mol.